The van der Waals surface area contributed by atoms with Crippen molar-refractivity contribution >= 4 is 33.2 Å². The zero-order valence-corrected chi connectivity index (χ0v) is 17.3. The minimum Gasteiger partial charge on any atom is -0.352 e. The molecule has 0 unspecified atom stereocenters. The Bertz CT molecular complexity index is 882. The first-order valence-corrected chi connectivity index (χ1v) is 10.7. The number of carbonyl (C=O) groups is 1. The van der Waals surface area contributed by atoms with Crippen LogP contribution in [0.1, 0.15) is 32.3 Å². The molecule has 0 spiro atoms. The van der Waals surface area contributed by atoms with Gasteiger partial charge in [0.25, 0.3) is 10.0 Å². The molecule has 5 nitrogen and oxygen atoms in total. The molecule has 0 aliphatic carbocycles. The van der Waals surface area contributed by atoms with E-state index in [1.807, 2.05) is 32.9 Å². The molecule has 27 heavy (non-hydrogen) atoms. The molecule has 2 rings (SSSR count). The van der Waals surface area contributed by atoms with Crippen molar-refractivity contribution in [2.24, 2.45) is 0 Å². The van der Waals surface area contributed by atoms with Crippen LogP contribution in [0.25, 0.3) is 0 Å². The average Bonchev–Trinajstić information content (AvgIpc) is 2.61. The summed E-state index contributed by atoms with van der Waals surface area (Å²) in [6.07, 6.45) is 1.77. The van der Waals surface area contributed by atoms with E-state index in [1.54, 1.807) is 12.1 Å². The highest BCUT2D eigenvalue weighted by Crippen LogP contribution is 2.27. The van der Waals surface area contributed by atoms with Gasteiger partial charge in [-0.2, -0.15) is 0 Å². The first-order valence-electron chi connectivity index (χ1n) is 8.89. The van der Waals surface area contributed by atoms with E-state index < -0.39 is 10.0 Å². The lowest BCUT2D eigenvalue weighted by atomic mass is 10.2. The van der Waals surface area contributed by atoms with Gasteiger partial charge in [0.1, 0.15) is 6.54 Å². The maximum atomic E-state index is 13.2. The van der Waals surface area contributed by atoms with Crippen molar-refractivity contribution in [1.82, 2.24) is 5.32 Å². The standard InChI is InChI=1S/C20H25ClN2O3S/c1-4-7-16(3)22-20(24)14-23(19-9-6-5-8-15(19)2)27(25,26)18-12-10-17(21)11-13-18/h5-6,8-13,16H,4,7,14H2,1-3H3,(H,22,24)/t16-/m1/s1. The van der Waals surface area contributed by atoms with Crippen molar-refractivity contribution in [2.45, 2.75) is 44.6 Å². The third-order valence-corrected chi connectivity index (χ3v) is 6.23. The molecule has 2 aromatic rings. The maximum Gasteiger partial charge on any atom is 0.264 e. The molecule has 0 saturated carbocycles. The van der Waals surface area contributed by atoms with Gasteiger partial charge in [0.15, 0.2) is 0 Å². The monoisotopic (exact) mass is 408 g/mol. The van der Waals surface area contributed by atoms with E-state index in [0.717, 1.165) is 22.7 Å². The second kappa shape index (κ2) is 9.24. The van der Waals surface area contributed by atoms with E-state index in [-0.39, 0.29) is 23.4 Å². The summed E-state index contributed by atoms with van der Waals surface area (Å²) in [6, 6.07) is 13.0. The number of carbonyl (C=O) groups excluding carboxylic acids is 1. The lowest BCUT2D eigenvalue weighted by Crippen LogP contribution is -2.43. The van der Waals surface area contributed by atoms with Crippen molar-refractivity contribution < 1.29 is 13.2 Å². The number of nitrogens with one attached hydrogen (secondary N) is 1. The van der Waals surface area contributed by atoms with Gasteiger partial charge < -0.3 is 5.32 Å². The molecule has 1 atom stereocenters. The van der Waals surface area contributed by atoms with E-state index >= 15 is 0 Å². The van der Waals surface area contributed by atoms with Crippen LogP contribution in [-0.2, 0) is 14.8 Å². The first kappa shape index (κ1) is 21.3. The van der Waals surface area contributed by atoms with Crippen LogP contribution in [0.15, 0.2) is 53.4 Å². The van der Waals surface area contributed by atoms with E-state index in [1.165, 1.54) is 24.3 Å². The third kappa shape index (κ3) is 5.47. The molecule has 1 N–H and O–H groups in total. The highest BCUT2D eigenvalue weighted by molar-refractivity contribution is 7.92. The van der Waals surface area contributed by atoms with Gasteiger partial charge in [-0.15, -0.1) is 0 Å². The predicted octanol–water partition coefficient (Wildman–Crippen LogP) is 4.15. The fourth-order valence-corrected chi connectivity index (χ4v) is 4.44. The fourth-order valence-electron chi connectivity index (χ4n) is 2.83. The van der Waals surface area contributed by atoms with Gasteiger partial charge in [-0.05, 0) is 56.2 Å². The number of halogens is 1. The summed E-state index contributed by atoms with van der Waals surface area (Å²) in [4.78, 5) is 12.6. The smallest absolute Gasteiger partial charge is 0.264 e. The highest BCUT2D eigenvalue weighted by Gasteiger charge is 2.28. The number of anilines is 1. The van der Waals surface area contributed by atoms with Gasteiger partial charge in [0, 0.05) is 11.1 Å². The summed E-state index contributed by atoms with van der Waals surface area (Å²) >= 11 is 5.88. The van der Waals surface area contributed by atoms with E-state index in [0.29, 0.717) is 10.7 Å². The number of nitrogens with zero attached hydrogens (tertiary/aromatic N) is 1. The molecular weight excluding hydrogens is 384 g/mol. The Morgan fingerprint density at radius 3 is 2.37 bits per heavy atom. The second-order valence-corrected chi connectivity index (χ2v) is 8.81. The van der Waals surface area contributed by atoms with Gasteiger partial charge in [-0.3, -0.25) is 9.10 Å². The number of para-hydroxylation sites is 1. The largest absolute Gasteiger partial charge is 0.352 e. The van der Waals surface area contributed by atoms with Gasteiger partial charge in [0.2, 0.25) is 5.91 Å². The van der Waals surface area contributed by atoms with E-state index in [9.17, 15) is 13.2 Å². The van der Waals surface area contributed by atoms with E-state index in [2.05, 4.69) is 5.32 Å². The van der Waals surface area contributed by atoms with Crippen molar-refractivity contribution in [3.8, 4) is 0 Å². The van der Waals surface area contributed by atoms with Crippen LogP contribution in [0.3, 0.4) is 0 Å². The minimum absolute atomic E-state index is 0.0144. The Morgan fingerprint density at radius 1 is 1.15 bits per heavy atom. The molecule has 146 valence electrons. The van der Waals surface area contributed by atoms with Gasteiger partial charge in [-0.1, -0.05) is 43.1 Å². The highest BCUT2D eigenvalue weighted by atomic mass is 35.5. The molecular formula is C20H25ClN2O3S. The number of hydrogen-bond donors (Lipinski definition) is 1. The number of aryl methyl sites for hydroxylation is 1. The predicted molar refractivity (Wildman–Crippen MR) is 110 cm³/mol. The van der Waals surface area contributed by atoms with Crippen LogP contribution < -0.4 is 9.62 Å². The lowest BCUT2D eigenvalue weighted by molar-refractivity contribution is -0.120. The molecule has 0 radical (unpaired) electrons. The van der Waals surface area contributed by atoms with Crippen molar-refractivity contribution in [3.63, 3.8) is 0 Å². The van der Waals surface area contributed by atoms with E-state index in [4.69, 9.17) is 11.6 Å². The third-order valence-electron chi connectivity index (χ3n) is 4.20. The average molecular weight is 409 g/mol. The maximum absolute atomic E-state index is 13.2. The fraction of sp³-hybridized carbons (Fsp3) is 0.350. The Balaban J connectivity index is 2.40. The van der Waals surface area contributed by atoms with Crippen molar-refractivity contribution in [3.05, 3.63) is 59.1 Å². The van der Waals surface area contributed by atoms with Crippen LogP contribution in [-0.4, -0.2) is 26.9 Å². The van der Waals surface area contributed by atoms with Crippen LogP contribution in [0, 0.1) is 6.92 Å². The second-order valence-electron chi connectivity index (χ2n) is 6.51. The SMILES string of the molecule is CCC[C@@H](C)NC(=O)CN(c1ccccc1C)S(=O)(=O)c1ccc(Cl)cc1. The molecule has 1 amide bonds. The molecule has 2 aromatic carbocycles. The quantitative estimate of drug-likeness (QED) is 0.713. The summed E-state index contributed by atoms with van der Waals surface area (Å²) in [6.45, 7) is 5.47. The normalized spacial score (nSPS) is 12.4. The van der Waals surface area contributed by atoms with Crippen LogP contribution in [0.2, 0.25) is 5.02 Å². The molecule has 0 heterocycles. The number of benzene rings is 2. The Labute approximate surface area is 166 Å². The molecule has 0 bridgehead atoms. The number of sulfonamides is 1. The van der Waals surface area contributed by atoms with Crippen LogP contribution in [0.4, 0.5) is 5.69 Å². The summed E-state index contributed by atoms with van der Waals surface area (Å²) in [5.41, 5.74) is 1.25. The Hall–Kier alpha value is -2.05. The lowest BCUT2D eigenvalue weighted by Gasteiger charge is -2.26. The Kier molecular flexibility index (Phi) is 7.27. The first-order chi connectivity index (χ1) is 12.8. The van der Waals surface area contributed by atoms with Gasteiger partial charge in [0.05, 0.1) is 10.6 Å². The number of rotatable bonds is 8. The molecule has 0 aliphatic heterocycles. The summed E-state index contributed by atoms with van der Waals surface area (Å²) in [5.74, 6) is -0.336. The summed E-state index contributed by atoms with van der Waals surface area (Å²) in [7, 11) is -3.92. The molecule has 0 saturated heterocycles. The molecule has 0 fully saturated rings. The van der Waals surface area contributed by atoms with Crippen molar-refractivity contribution in [1.29, 1.82) is 0 Å². The topological polar surface area (TPSA) is 66.5 Å². The number of hydrogen-bond acceptors (Lipinski definition) is 3. The zero-order chi connectivity index (χ0) is 20.0. The summed E-state index contributed by atoms with van der Waals surface area (Å²) in [5, 5.41) is 3.31. The minimum atomic E-state index is -3.92. The van der Waals surface area contributed by atoms with Gasteiger partial charge >= 0.3 is 0 Å². The zero-order valence-electron chi connectivity index (χ0n) is 15.8. The Morgan fingerprint density at radius 2 is 1.78 bits per heavy atom. The van der Waals surface area contributed by atoms with Crippen LogP contribution >= 0.6 is 11.6 Å². The number of amides is 1. The summed E-state index contributed by atoms with van der Waals surface area (Å²) < 4.78 is 27.6. The molecule has 0 aliphatic rings. The van der Waals surface area contributed by atoms with Crippen LogP contribution in [0.5, 0.6) is 0 Å². The molecule has 0 aromatic heterocycles. The van der Waals surface area contributed by atoms with Crippen molar-refractivity contribution in [2.75, 3.05) is 10.8 Å². The van der Waals surface area contributed by atoms with Gasteiger partial charge in [-0.25, -0.2) is 8.42 Å². The molecule has 7 heteroatoms.